The molecule has 1 fully saturated rings. The quantitative estimate of drug-likeness (QED) is 0.259. The summed E-state index contributed by atoms with van der Waals surface area (Å²) in [5.41, 5.74) is 0. The molecule has 37 heavy (non-hydrogen) atoms. The molecule has 0 heterocycles. The van der Waals surface area contributed by atoms with Crippen molar-refractivity contribution in [2.45, 2.75) is 55.4 Å². The molecule has 3 rings (SSSR count). The van der Waals surface area contributed by atoms with Gasteiger partial charge in [-0.2, -0.15) is 0 Å². The minimum Gasteiger partial charge on any atom is -0.465 e. The lowest BCUT2D eigenvalue weighted by atomic mass is 9.52. The minimum absolute atomic E-state index is 0.0626. The van der Waals surface area contributed by atoms with Gasteiger partial charge in [0.2, 0.25) is 0 Å². The number of allylic oxidation sites excluding steroid dienone is 2. The first-order valence-corrected chi connectivity index (χ1v) is 13.7. The summed E-state index contributed by atoms with van der Waals surface area (Å²) in [4.78, 5) is 53.7. The number of esters is 4. The second-order valence-electron chi connectivity index (χ2n) is 11.9. The summed E-state index contributed by atoms with van der Waals surface area (Å²) in [7, 11) is 0. The molecular weight excluding hydrogens is 500 g/mol. The van der Waals surface area contributed by atoms with Crippen LogP contribution in [0.3, 0.4) is 0 Å². The van der Waals surface area contributed by atoms with Crippen LogP contribution < -0.4 is 0 Å². The van der Waals surface area contributed by atoms with E-state index in [9.17, 15) is 19.2 Å². The van der Waals surface area contributed by atoms with E-state index >= 15 is 0 Å². The first-order chi connectivity index (χ1) is 17.3. The third-order valence-electron chi connectivity index (χ3n) is 6.37. The summed E-state index contributed by atoms with van der Waals surface area (Å²) in [6.45, 7) is 15.8. The van der Waals surface area contributed by atoms with E-state index in [4.69, 9.17) is 30.5 Å². The molecule has 0 aromatic rings. The Hall–Kier alpha value is -2.09. The van der Waals surface area contributed by atoms with Crippen molar-refractivity contribution in [1.29, 1.82) is 0 Å². The van der Waals surface area contributed by atoms with Gasteiger partial charge in [0.15, 0.2) is 0 Å². The molecule has 0 N–H and O–H groups in total. The normalized spacial score (nSPS) is 26.9. The Bertz CT molecular complexity index is 802. The van der Waals surface area contributed by atoms with Gasteiger partial charge in [0.1, 0.15) is 0 Å². The van der Waals surface area contributed by atoms with Crippen molar-refractivity contribution in [3.63, 3.8) is 0 Å². The topological polar surface area (TPSA) is 105 Å². The van der Waals surface area contributed by atoms with Gasteiger partial charge >= 0.3 is 23.9 Å². The molecule has 0 amide bonds. The van der Waals surface area contributed by atoms with Crippen molar-refractivity contribution in [3.8, 4) is 0 Å². The van der Waals surface area contributed by atoms with Crippen molar-refractivity contribution in [1.82, 2.24) is 0 Å². The summed E-state index contributed by atoms with van der Waals surface area (Å²) in [5, 5.41) is 0.240. The molecule has 2 bridgehead atoms. The molecule has 8 nitrogen and oxygen atoms in total. The van der Waals surface area contributed by atoms with E-state index in [1.54, 1.807) is 6.08 Å². The smallest absolute Gasteiger partial charge is 0.310 e. The summed E-state index contributed by atoms with van der Waals surface area (Å²) in [6.07, 6.45) is 1.60. The SMILES string of the molecule is CC(C)COC(=O)C1C2C=C(Cl)C(C1C(=O)OCC(C)C)C(C(=O)OCC(C)C)C2C(=O)OCC(C)C. The number of fused-ring (bicyclic) bond motifs is 2. The molecule has 9 heteroatoms. The Kier molecular flexibility index (Phi) is 11.5. The molecule has 0 saturated heterocycles. The van der Waals surface area contributed by atoms with Crippen LogP contribution in [0.2, 0.25) is 0 Å². The van der Waals surface area contributed by atoms with Gasteiger partial charge in [-0.3, -0.25) is 19.2 Å². The second kappa shape index (κ2) is 13.6. The lowest BCUT2D eigenvalue weighted by Gasteiger charge is -2.50. The van der Waals surface area contributed by atoms with Crippen molar-refractivity contribution in [3.05, 3.63) is 11.1 Å². The molecular formula is C28H43ClO8. The highest BCUT2D eigenvalue weighted by Crippen LogP contribution is 2.56. The van der Waals surface area contributed by atoms with Crippen molar-refractivity contribution < 1.29 is 38.1 Å². The van der Waals surface area contributed by atoms with Crippen LogP contribution in [0.15, 0.2) is 11.1 Å². The van der Waals surface area contributed by atoms with Crippen molar-refractivity contribution in [2.24, 2.45) is 59.2 Å². The van der Waals surface area contributed by atoms with Crippen LogP contribution in [-0.2, 0) is 38.1 Å². The molecule has 1 saturated carbocycles. The van der Waals surface area contributed by atoms with Crippen LogP contribution in [0.4, 0.5) is 0 Å². The number of carbonyl (C=O) groups is 4. The van der Waals surface area contributed by atoms with Crippen molar-refractivity contribution >= 4 is 35.5 Å². The fourth-order valence-corrected chi connectivity index (χ4v) is 5.21. The Labute approximate surface area is 225 Å². The van der Waals surface area contributed by atoms with Crippen molar-refractivity contribution in [2.75, 3.05) is 26.4 Å². The first kappa shape index (κ1) is 31.1. The molecule has 0 aromatic carbocycles. The monoisotopic (exact) mass is 542 g/mol. The van der Waals surface area contributed by atoms with Crippen LogP contribution in [0, 0.1) is 59.2 Å². The zero-order valence-electron chi connectivity index (χ0n) is 23.3. The lowest BCUT2D eigenvalue weighted by molar-refractivity contribution is -0.187. The highest BCUT2D eigenvalue weighted by atomic mass is 35.5. The summed E-state index contributed by atoms with van der Waals surface area (Å²) >= 11 is 6.65. The van der Waals surface area contributed by atoms with E-state index in [1.165, 1.54) is 0 Å². The number of ether oxygens (including phenoxy) is 4. The number of halogens is 1. The van der Waals surface area contributed by atoms with Gasteiger partial charge in [0.25, 0.3) is 0 Å². The molecule has 0 spiro atoms. The predicted octanol–water partition coefficient (Wildman–Crippen LogP) is 4.63. The third-order valence-corrected chi connectivity index (χ3v) is 6.75. The van der Waals surface area contributed by atoms with Crippen LogP contribution in [0.1, 0.15) is 55.4 Å². The predicted molar refractivity (Wildman–Crippen MR) is 138 cm³/mol. The van der Waals surface area contributed by atoms with E-state index in [1.807, 2.05) is 55.4 Å². The van der Waals surface area contributed by atoms with Gasteiger partial charge in [-0.25, -0.2) is 0 Å². The standard InChI is InChI=1S/C28H43ClO8/c1-14(2)10-34-25(30)20-18-9-19(29)22(23(20)27(32)36-12-16(5)6)24(28(33)37-13-17(7)8)21(18)26(31)35-11-15(3)4/h9,14-18,20-24H,10-13H2,1-8H3. The molecule has 0 aromatic heterocycles. The number of rotatable bonds is 12. The Morgan fingerprint density at radius 3 is 1.14 bits per heavy atom. The Balaban J connectivity index is 2.57. The zero-order chi connectivity index (χ0) is 28.0. The highest BCUT2D eigenvalue weighted by molar-refractivity contribution is 6.30. The van der Waals surface area contributed by atoms with E-state index in [-0.39, 0.29) is 55.1 Å². The van der Waals surface area contributed by atoms with Gasteiger partial charge in [-0.15, -0.1) is 0 Å². The van der Waals surface area contributed by atoms with Crippen LogP contribution in [0.5, 0.6) is 0 Å². The van der Waals surface area contributed by atoms with Gasteiger partial charge in [0, 0.05) is 16.9 Å². The molecule has 4 atom stereocenters. The summed E-state index contributed by atoms with van der Waals surface area (Å²) in [6, 6.07) is 0. The highest BCUT2D eigenvalue weighted by Gasteiger charge is 2.64. The van der Waals surface area contributed by atoms with Gasteiger partial charge in [-0.05, 0) is 23.7 Å². The maximum atomic E-state index is 13.4. The molecule has 3 aliphatic carbocycles. The van der Waals surface area contributed by atoms with Gasteiger partial charge in [0.05, 0.1) is 50.1 Å². The Morgan fingerprint density at radius 1 is 0.595 bits per heavy atom. The van der Waals surface area contributed by atoms with Crippen LogP contribution in [-0.4, -0.2) is 50.3 Å². The molecule has 0 radical (unpaired) electrons. The molecule has 210 valence electrons. The van der Waals surface area contributed by atoms with E-state index < -0.39 is 59.4 Å². The van der Waals surface area contributed by atoms with Crippen LogP contribution >= 0.6 is 11.6 Å². The summed E-state index contributed by atoms with van der Waals surface area (Å²) in [5.74, 6) is -8.38. The third kappa shape index (κ3) is 7.95. The number of hydrogen-bond donors (Lipinski definition) is 0. The van der Waals surface area contributed by atoms with E-state index in [0.29, 0.717) is 0 Å². The maximum Gasteiger partial charge on any atom is 0.310 e. The van der Waals surface area contributed by atoms with E-state index in [2.05, 4.69) is 0 Å². The molecule has 3 aliphatic rings. The molecule has 0 aliphatic heterocycles. The Morgan fingerprint density at radius 2 is 0.865 bits per heavy atom. The minimum atomic E-state index is -1.09. The zero-order valence-corrected chi connectivity index (χ0v) is 24.1. The van der Waals surface area contributed by atoms with E-state index in [0.717, 1.165) is 0 Å². The largest absolute Gasteiger partial charge is 0.465 e. The fourth-order valence-electron chi connectivity index (χ4n) is 4.79. The van der Waals surface area contributed by atoms with Crippen LogP contribution in [0.25, 0.3) is 0 Å². The second-order valence-corrected chi connectivity index (χ2v) is 12.3. The first-order valence-electron chi connectivity index (χ1n) is 13.3. The summed E-state index contributed by atoms with van der Waals surface area (Å²) < 4.78 is 22.2. The average Bonchev–Trinajstić information content (AvgIpc) is 2.81. The maximum absolute atomic E-state index is 13.4. The average molecular weight is 543 g/mol. The number of carbonyl (C=O) groups excluding carboxylic acids is 4. The fraction of sp³-hybridized carbons (Fsp3) is 0.786. The van der Waals surface area contributed by atoms with Gasteiger partial charge < -0.3 is 18.9 Å². The lowest BCUT2D eigenvalue weighted by Crippen LogP contribution is -2.59. The molecule has 4 unspecified atom stereocenters. The number of hydrogen-bond acceptors (Lipinski definition) is 8. The van der Waals surface area contributed by atoms with Gasteiger partial charge in [-0.1, -0.05) is 73.1 Å².